The molecule has 2 aromatic rings. The van der Waals surface area contributed by atoms with Crippen molar-refractivity contribution in [2.45, 2.75) is 39.2 Å². The van der Waals surface area contributed by atoms with Crippen molar-refractivity contribution in [1.82, 2.24) is 9.55 Å². The SMILES string of the molecule is Cc1c(N)cccc1Cn1cnc2c1CCCC2. The molecule has 18 heavy (non-hydrogen) atoms. The molecule has 0 fully saturated rings. The summed E-state index contributed by atoms with van der Waals surface area (Å²) in [6.45, 7) is 2.98. The highest BCUT2D eigenvalue weighted by Crippen LogP contribution is 2.22. The molecule has 0 amide bonds. The number of imidazole rings is 1. The predicted octanol–water partition coefficient (Wildman–Crippen LogP) is 2.70. The molecule has 3 rings (SSSR count). The van der Waals surface area contributed by atoms with E-state index in [1.807, 2.05) is 18.5 Å². The van der Waals surface area contributed by atoms with Crippen LogP contribution >= 0.6 is 0 Å². The molecule has 0 aliphatic heterocycles. The van der Waals surface area contributed by atoms with Crippen molar-refractivity contribution >= 4 is 5.69 Å². The number of fused-ring (bicyclic) bond motifs is 1. The molecule has 0 saturated heterocycles. The summed E-state index contributed by atoms with van der Waals surface area (Å²) in [5, 5.41) is 0. The smallest absolute Gasteiger partial charge is 0.0954 e. The highest BCUT2D eigenvalue weighted by atomic mass is 15.1. The number of hydrogen-bond acceptors (Lipinski definition) is 2. The molecule has 0 spiro atoms. The number of nitrogens with zero attached hydrogens (tertiary/aromatic N) is 2. The molecule has 3 heteroatoms. The van der Waals surface area contributed by atoms with Gasteiger partial charge in [-0.2, -0.15) is 0 Å². The van der Waals surface area contributed by atoms with Gasteiger partial charge >= 0.3 is 0 Å². The number of aryl methyl sites for hydroxylation is 1. The van der Waals surface area contributed by atoms with E-state index in [2.05, 4.69) is 22.5 Å². The number of hydrogen-bond donors (Lipinski definition) is 1. The fraction of sp³-hybridized carbons (Fsp3) is 0.400. The second-order valence-electron chi connectivity index (χ2n) is 5.10. The van der Waals surface area contributed by atoms with Crippen molar-refractivity contribution in [3.05, 3.63) is 47.0 Å². The van der Waals surface area contributed by atoms with Crippen LogP contribution in [0.5, 0.6) is 0 Å². The van der Waals surface area contributed by atoms with Crippen molar-refractivity contribution in [3.8, 4) is 0 Å². The molecule has 2 N–H and O–H groups in total. The Hall–Kier alpha value is -1.77. The Balaban J connectivity index is 1.93. The van der Waals surface area contributed by atoms with E-state index >= 15 is 0 Å². The summed E-state index contributed by atoms with van der Waals surface area (Å²) in [5.74, 6) is 0. The van der Waals surface area contributed by atoms with E-state index in [1.54, 1.807) is 0 Å². The van der Waals surface area contributed by atoms with Gasteiger partial charge in [-0.3, -0.25) is 0 Å². The van der Waals surface area contributed by atoms with Gasteiger partial charge < -0.3 is 10.3 Å². The topological polar surface area (TPSA) is 43.8 Å². The van der Waals surface area contributed by atoms with Crippen LogP contribution in [-0.2, 0) is 19.4 Å². The predicted molar refractivity (Wildman–Crippen MR) is 73.6 cm³/mol. The van der Waals surface area contributed by atoms with Crippen LogP contribution in [0.4, 0.5) is 5.69 Å². The average molecular weight is 241 g/mol. The third-order valence-corrected chi connectivity index (χ3v) is 3.94. The van der Waals surface area contributed by atoms with Crippen LogP contribution in [0.1, 0.15) is 35.4 Å². The molecular formula is C15H19N3. The molecule has 1 aliphatic carbocycles. The normalized spacial score (nSPS) is 14.5. The van der Waals surface area contributed by atoms with Gasteiger partial charge in [0.25, 0.3) is 0 Å². The van der Waals surface area contributed by atoms with Crippen molar-refractivity contribution in [2.24, 2.45) is 0 Å². The van der Waals surface area contributed by atoms with Crippen molar-refractivity contribution in [2.75, 3.05) is 5.73 Å². The maximum Gasteiger partial charge on any atom is 0.0954 e. The van der Waals surface area contributed by atoms with Crippen LogP contribution in [0, 0.1) is 6.92 Å². The Morgan fingerprint density at radius 2 is 2.11 bits per heavy atom. The third kappa shape index (κ3) is 1.90. The summed E-state index contributed by atoms with van der Waals surface area (Å²) < 4.78 is 2.29. The quantitative estimate of drug-likeness (QED) is 0.821. The molecule has 3 nitrogen and oxygen atoms in total. The zero-order chi connectivity index (χ0) is 12.5. The molecule has 0 bridgehead atoms. The molecule has 94 valence electrons. The Bertz CT molecular complexity index is 569. The van der Waals surface area contributed by atoms with Crippen molar-refractivity contribution in [3.63, 3.8) is 0 Å². The summed E-state index contributed by atoms with van der Waals surface area (Å²) in [4.78, 5) is 4.54. The zero-order valence-corrected chi connectivity index (χ0v) is 10.8. The first-order valence-electron chi connectivity index (χ1n) is 6.62. The summed E-state index contributed by atoms with van der Waals surface area (Å²) in [5.41, 5.74) is 12.0. The number of aromatic nitrogens is 2. The summed E-state index contributed by atoms with van der Waals surface area (Å²) in [7, 11) is 0. The van der Waals surface area contributed by atoms with Gasteiger partial charge in [-0.1, -0.05) is 12.1 Å². The molecular weight excluding hydrogens is 222 g/mol. The van der Waals surface area contributed by atoms with E-state index < -0.39 is 0 Å². The van der Waals surface area contributed by atoms with E-state index in [9.17, 15) is 0 Å². The monoisotopic (exact) mass is 241 g/mol. The van der Waals surface area contributed by atoms with E-state index in [0.29, 0.717) is 0 Å². The molecule has 0 saturated carbocycles. The van der Waals surface area contributed by atoms with Crippen LogP contribution in [0.15, 0.2) is 24.5 Å². The van der Waals surface area contributed by atoms with Crippen molar-refractivity contribution < 1.29 is 0 Å². The van der Waals surface area contributed by atoms with Crippen LogP contribution in [0.2, 0.25) is 0 Å². The molecule has 1 aliphatic rings. The zero-order valence-electron chi connectivity index (χ0n) is 10.8. The second-order valence-corrected chi connectivity index (χ2v) is 5.10. The van der Waals surface area contributed by atoms with Gasteiger partial charge in [0.1, 0.15) is 0 Å². The minimum absolute atomic E-state index is 0.876. The Morgan fingerprint density at radius 1 is 1.28 bits per heavy atom. The molecule has 1 aromatic carbocycles. The summed E-state index contributed by atoms with van der Waals surface area (Å²) in [6.07, 6.45) is 6.85. The van der Waals surface area contributed by atoms with E-state index in [4.69, 9.17) is 5.73 Å². The highest BCUT2D eigenvalue weighted by Gasteiger charge is 2.15. The van der Waals surface area contributed by atoms with Crippen LogP contribution < -0.4 is 5.73 Å². The van der Waals surface area contributed by atoms with Gasteiger partial charge in [0.15, 0.2) is 0 Å². The lowest BCUT2D eigenvalue weighted by Gasteiger charge is -2.15. The lowest BCUT2D eigenvalue weighted by molar-refractivity contribution is 0.628. The first-order valence-corrected chi connectivity index (χ1v) is 6.62. The van der Waals surface area contributed by atoms with E-state index in [0.717, 1.165) is 25.1 Å². The van der Waals surface area contributed by atoms with Gasteiger partial charge in [-0.05, 0) is 49.8 Å². The standard InChI is InChI=1S/C15H19N3/c1-11-12(5-4-6-13(11)16)9-18-10-17-14-7-2-3-8-15(14)18/h4-6,10H,2-3,7-9,16H2,1H3. The first-order chi connectivity index (χ1) is 8.75. The number of anilines is 1. The summed E-state index contributed by atoms with van der Waals surface area (Å²) in [6, 6.07) is 6.14. The summed E-state index contributed by atoms with van der Waals surface area (Å²) >= 11 is 0. The third-order valence-electron chi connectivity index (χ3n) is 3.94. The Labute approximate surface area is 108 Å². The average Bonchev–Trinajstić information content (AvgIpc) is 2.79. The van der Waals surface area contributed by atoms with Gasteiger partial charge in [-0.25, -0.2) is 4.98 Å². The Morgan fingerprint density at radius 3 is 3.00 bits per heavy atom. The number of benzene rings is 1. The molecule has 0 atom stereocenters. The Kier molecular flexibility index (Phi) is 2.82. The largest absolute Gasteiger partial charge is 0.399 e. The maximum atomic E-state index is 5.96. The van der Waals surface area contributed by atoms with Gasteiger partial charge in [-0.15, -0.1) is 0 Å². The van der Waals surface area contributed by atoms with Gasteiger partial charge in [0.2, 0.25) is 0 Å². The first kappa shape index (κ1) is 11.3. The minimum Gasteiger partial charge on any atom is -0.399 e. The van der Waals surface area contributed by atoms with Crippen LogP contribution in [-0.4, -0.2) is 9.55 Å². The molecule has 0 unspecified atom stereocenters. The second kappa shape index (κ2) is 4.48. The van der Waals surface area contributed by atoms with E-state index in [-0.39, 0.29) is 0 Å². The molecule has 1 aromatic heterocycles. The fourth-order valence-electron chi connectivity index (χ4n) is 2.73. The fourth-order valence-corrected chi connectivity index (χ4v) is 2.73. The van der Waals surface area contributed by atoms with Gasteiger partial charge in [0.05, 0.1) is 12.0 Å². The van der Waals surface area contributed by atoms with Crippen LogP contribution in [0.25, 0.3) is 0 Å². The van der Waals surface area contributed by atoms with Crippen LogP contribution in [0.3, 0.4) is 0 Å². The lowest BCUT2D eigenvalue weighted by Crippen LogP contribution is -2.10. The van der Waals surface area contributed by atoms with E-state index in [1.165, 1.54) is 35.4 Å². The number of nitrogens with two attached hydrogens (primary N) is 1. The maximum absolute atomic E-state index is 5.96. The number of nitrogen functional groups attached to an aromatic ring is 1. The number of rotatable bonds is 2. The minimum atomic E-state index is 0.876. The molecule has 1 heterocycles. The van der Waals surface area contributed by atoms with Crippen molar-refractivity contribution in [1.29, 1.82) is 0 Å². The lowest BCUT2D eigenvalue weighted by atomic mass is 10.0. The molecule has 0 radical (unpaired) electrons. The van der Waals surface area contributed by atoms with Gasteiger partial charge in [0, 0.05) is 17.9 Å². The highest BCUT2D eigenvalue weighted by molar-refractivity contribution is 5.50.